The van der Waals surface area contributed by atoms with Crippen LogP contribution in [0.1, 0.15) is 0 Å². The lowest BCUT2D eigenvalue weighted by Crippen LogP contribution is -2.05. The largest absolute Gasteiger partial charge is 0.457 e. The van der Waals surface area contributed by atoms with E-state index >= 15 is 0 Å². The monoisotopic (exact) mass is 495 g/mol. The van der Waals surface area contributed by atoms with E-state index in [0.29, 0.717) is 17.3 Å². The van der Waals surface area contributed by atoms with Gasteiger partial charge in [0.25, 0.3) is 0 Å². The van der Waals surface area contributed by atoms with Crippen LogP contribution in [0.25, 0.3) is 0 Å². The lowest BCUT2D eigenvalue weighted by atomic mass is 10.3. The maximum absolute atomic E-state index is 6.26. The fraction of sp³-hybridized carbons (Fsp3) is 0. The van der Waals surface area contributed by atoms with Crippen molar-refractivity contribution in [2.24, 2.45) is 0 Å². The number of hydrogen-bond acceptors (Lipinski definition) is 6. The summed E-state index contributed by atoms with van der Waals surface area (Å²) in [6, 6.07) is 25.2. The molecular formula is C22H18IN5O. The molecule has 4 aromatic rings. The lowest BCUT2D eigenvalue weighted by Gasteiger charge is -2.13. The third kappa shape index (κ3) is 4.94. The molecule has 0 saturated heterocycles. The Bertz CT molecular complexity index is 1090. The van der Waals surface area contributed by atoms with Gasteiger partial charge in [0, 0.05) is 14.9 Å². The van der Waals surface area contributed by atoms with Gasteiger partial charge in [0.15, 0.2) is 11.6 Å². The second-order valence-electron chi connectivity index (χ2n) is 6.18. The van der Waals surface area contributed by atoms with Gasteiger partial charge in [-0.25, -0.2) is 9.97 Å². The Morgan fingerprint density at radius 1 is 0.690 bits per heavy atom. The number of benzene rings is 3. The first-order valence-corrected chi connectivity index (χ1v) is 9.98. The Hall–Kier alpha value is -3.33. The topological polar surface area (TPSA) is 85.1 Å². The molecule has 0 amide bonds. The van der Waals surface area contributed by atoms with E-state index in [1.807, 2.05) is 78.9 Å². The number of hydrogen-bond donors (Lipinski definition) is 3. The van der Waals surface area contributed by atoms with E-state index < -0.39 is 0 Å². The highest BCUT2D eigenvalue weighted by Gasteiger charge is 2.09. The van der Waals surface area contributed by atoms with Crippen molar-refractivity contribution >= 4 is 51.3 Å². The summed E-state index contributed by atoms with van der Waals surface area (Å²) >= 11 is 2.26. The summed E-state index contributed by atoms with van der Waals surface area (Å²) in [5.74, 6) is 2.62. The van der Waals surface area contributed by atoms with Gasteiger partial charge in [-0.3, -0.25) is 0 Å². The number of para-hydroxylation sites is 1. The smallest absolute Gasteiger partial charge is 0.159 e. The zero-order valence-electron chi connectivity index (χ0n) is 15.3. The number of nitrogens with two attached hydrogens (primary N) is 1. The van der Waals surface area contributed by atoms with Crippen molar-refractivity contribution in [1.82, 2.24) is 9.97 Å². The number of nitrogen functional groups attached to an aromatic ring is 1. The fourth-order valence-corrected chi connectivity index (χ4v) is 2.99. The van der Waals surface area contributed by atoms with Gasteiger partial charge >= 0.3 is 0 Å². The fourth-order valence-electron chi connectivity index (χ4n) is 2.63. The van der Waals surface area contributed by atoms with Gasteiger partial charge in [-0.1, -0.05) is 18.2 Å². The minimum Gasteiger partial charge on any atom is -0.457 e. The molecule has 6 nitrogen and oxygen atoms in total. The molecule has 0 saturated carbocycles. The molecule has 4 N–H and O–H groups in total. The summed E-state index contributed by atoms with van der Waals surface area (Å²) in [6.45, 7) is 0. The number of halogens is 1. The van der Waals surface area contributed by atoms with Crippen molar-refractivity contribution in [3.8, 4) is 11.5 Å². The third-order valence-corrected chi connectivity index (χ3v) is 4.81. The van der Waals surface area contributed by atoms with Crippen LogP contribution in [0.2, 0.25) is 0 Å². The normalized spacial score (nSPS) is 10.4. The first-order valence-electron chi connectivity index (χ1n) is 8.90. The van der Waals surface area contributed by atoms with E-state index in [1.54, 1.807) is 0 Å². The summed E-state index contributed by atoms with van der Waals surface area (Å²) in [4.78, 5) is 8.51. The van der Waals surface area contributed by atoms with Crippen LogP contribution in [0.3, 0.4) is 0 Å². The quantitative estimate of drug-likeness (QED) is 0.287. The van der Waals surface area contributed by atoms with Crippen LogP contribution in [0, 0.1) is 3.57 Å². The second kappa shape index (κ2) is 8.78. The second-order valence-corrected chi connectivity index (χ2v) is 7.43. The Kier molecular flexibility index (Phi) is 5.76. The molecule has 0 atom stereocenters. The standard InChI is InChI=1S/C22H18IN5O/c23-15-6-8-16(9-7-15)27-21-20(24)22(26-14-25-21)28-17-10-12-19(13-11-17)29-18-4-2-1-3-5-18/h1-14H,24H2,(H2,25,26,27,28). The van der Waals surface area contributed by atoms with Crippen LogP contribution >= 0.6 is 22.6 Å². The lowest BCUT2D eigenvalue weighted by molar-refractivity contribution is 0.483. The van der Waals surface area contributed by atoms with Crippen molar-refractivity contribution in [1.29, 1.82) is 0 Å². The number of nitrogens with one attached hydrogen (secondary N) is 2. The molecule has 4 rings (SSSR count). The van der Waals surface area contributed by atoms with E-state index in [2.05, 4.69) is 43.2 Å². The van der Waals surface area contributed by atoms with Gasteiger partial charge in [-0.05, 0) is 83.3 Å². The van der Waals surface area contributed by atoms with Crippen molar-refractivity contribution < 1.29 is 4.74 Å². The summed E-state index contributed by atoms with van der Waals surface area (Å²) in [5, 5.41) is 6.45. The minimum atomic E-state index is 0.440. The summed E-state index contributed by atoms with van der Waals surface area (Å²) < 4.78 is 6.97. The zero-order valence-corrected chi connectivity index (χ0v) is 17.5. The highest BCUT2D eigenvalue weighted by Crippen LogP contribution is 2.29. The van der Waals surface area contributed by atoms with Gasteiger partial charge in [0.1, 0.15) is 23.5 Å². The Balaban J connectivity index is 1.47. The molecular weight excluding hydrogens is 477 g/mol. The predicted molar refractivity (Wildman–Crippen MR) is 125 cm³/mol. The molecule has 0 aliphatic rings. The zero-order chi connectivity index (χ0) is 20.1. The summed E-state index contributed by atoms with van der Waals surface area (Å²) in [6.07, 6.45) is 1.47. The van der Waals surface area contributed by atoms with E-state index in [1.165, 1.54) is 6.33 Å². The molecule has 29 heavy (non-hydrogen) atoms. The van der Waals surface area contributed by atoms with Crippen LogP contribution in [0.15, 0.2) is 85.2 Å². The molecule has 0 fully saturated rings. The van der Waals surface area contributed by atoms with Crippen molar-refractivity contribution in [3.63, 3.8) is 0 Å². The third-order valence-electron chi connectivity index (χ3n) is 4.09. The van der Waals surface area contributed by atoms with Crippen LogP contribution in [0.4, 0.5) is 28.7 Å². The average Bonchev–Trinajstić information content (AvgIpc) is 2.75. The Morgan fingerprint density at radius 3 is 1.79 bits per heavy atom. The summed E-state index contributed by atoms with van der Waals surface area (Å²) in [7, 11) is 0. The molecule has 1 aromatic heterocycles. The van der Waals surface area contributed by atoms with Crippen LogP contribution in [0.5, 0.6) is 11.5 Å². The first kappa shape index (κ1) is 19.0. The maximum Gasteiger partial charge on any atom is 0.159 e. The molecule has 0 aliphatic carbocycles. The molecule has 3 aromatic carbocycles. The van der Waals surface area contributed by atoms with E-state index in [-0.39, 0.29) is 0 Å². The molecule has 0 unspecified atom stereocenters. The maximum atomic E-state index is 6.26. The van der Waals surface area contributed by atoms with Gasteiger partial charge in [0.05, 0.1) is 0 Å². The van der Waals surface area contributed by atoms with Gasteiger partial charge in [-0.15, -0.1) is 0 Å². The van der Waals surface area contributed by atoms with E-state index in [4.69, 9.17) is 10.5 Å². The van der Waals surface area contributed by atoms with Gasteiger partial charge in [0.2, 0.25) is 0 Å². The number of rotatable bonds is 6. The van der Waals surface area contributed by atoms with Crippen molar-refractivity contribution in [3.05, 3.63) is 88.8 Å². The van der Waals surface area contributed by atoms with Gasteiger partial charge in [-0.2, -0.15) is 0 Å². The highest BCUT2D eigenvalue weighted by atomic mass is 127. The van der Waals surface area contributed by atoms with Gasteiger partial charge < -0.3 is 21.1 Å². The van der Waals surface area contributed by atoms with Crippen LogP contribution < -0.4 is 21.1 Å². The first-order chi connectivity index (χ1) is 14.2. The minimum absolute atomic E-state index is 0.440. The van der Waals surface area contributed by atoms with Crippen LogP contribution in [-0.2, 0) is 0 Å². The van der Waals surface area contributed by atoms with E-state index in [0.717, 1.165) is 26.4 Å². The molecule has 0 spiro atoms. The van der Waals surface area contributed by atoms with Crippen molar-refractivity contribution in [2.75, 3.05) is 16.4 Å². The molecule has 7 heteroatoms. The number of anilines is 5. The molecule has 1 heterocycles. The van der Waals surface area contributed by atoms with Crippen LogP contribution in [-0.4, -0.2) is 9.97 Å². The Morgan fingerprint density at radius 2 is 1.21 bits per heavy atom. The number of aromatic nitrogens is 2. The highest BCUT2D eigenvalue weighted by molar-refractivity contribution is 14.1. The van der Waals surface area contributed by atoms with Crippen molar-refractivity contribution in [2.45, 2.75) is 0 Å². The molecule has 0 bridgehead atoms. The molecule has 144 valence electrons. The average molecular weight is 495 g/mol. The Labute approximate surface area is 182 Å². The molecule has 0 aliphatic heterocycles. The predicted octanol–water partition coefficient (Wildman–Crippen LogP) is 5.94. The SMILES string of the molecule is Nc1c(Nc2ccc(I)cc2)ncnc1Nc1ccc(Oc2ccccc2)cc1. The molecule has 0 radical (unpaired) electrons. The number of ether oxygens (including phenoxy) is 1. The summed E-state index contributed by atoms with van der Waals surface area (Å²) in [5.41, 5.74) is 8.46. The number of nitrogens with zero attached hydrogens (tertiary/aromatic N) is 2. The van der Waals surface area contributed by atoms with E-state index in [9.17, 15) is 0 Å².